The number of hydrogen-bond acceptors (Lipinski definition) is 5. The zero-order valence-electron chi connectivity index (χ0n) is 16.0. The number of hydrogen-bond donors (Lipinski definition) is 1. The molecule has 3 aromatic rings. The van der Waals surface area contributed by atoms with E-state index < -0.39 is 0 Å². The number of anilines is 2. The molecule has 1 aromatic heterocycles. The van der Waals surface area contributed by atoms with E-state index in [9.17, 15) is 9.18 Å². The third kappa shape index (κ3) is 4.68. The van der Waals surface area contributed by atoms with Gasteiger partial charge < -0.3 is 15.1 Å². The molecule has 0 aliphatic carbocycles. The molecule has 4 rings (SSSR count). The van der Waals surface area contributed by atoms with Crippen molar-refractivity contribution in [3.05, 3.63) is 83.9 Å². The lowest BCUT2D eigenvalue weighted by Gasteiger charge is -2.36. The molecule has 2 heterocycles. The summed E-state index contributed by atoms with van der Waals surface area (Å²) < 4.78 is 13.1. The first-order valence-corrected chi connectivity index (χ1v) is 9.59. The number of nitrogens with zero attached hydrogens (tertiary/aromatic N) is 4. The van der Waals surface area contributed by atoms with E-state index in [-0.39, 0.29) is 11.7 Å². The predicted octanol–water partition coefficient (Wildman–Crippen LogP) is 3.19. The molecule has 0 bridgehead atoms. The predicted molar refractivity (Wildman–Crippen MR) is 110 cm³/mol. The summed E-state index contributed by atoms with van der Waals surface area (Å²) in [6.07, 6.45) is 3.13. The molecule has 29 heavy (non-hydrogen) atoms. The fraction of sp³-hybridized carbons (Fsp3) is 0.227. The van der Waals surface area contributed by atoms with E-state index in [4.69, 9.17) is 0 Å². The minimum Gasteiger partial charge on any atom is -0.368 e. The van der Waals surface area contributed by atoms with Crippen LogP contribution in [0.25, 0.3) is 0 Å². The maximum Gasteiger partial charge on any atom is 0.257 e. The van der Waals surface area contributed by atoms with Gasteiger partial charge in [-0.2, -0.15) is 0 Å². The molecule has 0 unspecified atom stereocenters. The summed E-state index contributed by atoms with van der Waals surface area (Å²) in [5.41, 5.74) is 2.58. The SMILES string of the molecule is O=C(c1cnc(NCc2ccccc2)nc1)N1CCN(c2ccc(F)cc2)CC1. The van der Waals surface area contributed by atoms with Gasteiger partial charge in [0.1, 0.15) is 5.82 Å². The molecule has 6 nitrogen and oxygen atoms in total. The van der Waals surface area contributed by atoms with E-state index in [2.05, 4.69) is 20.2 Å². The van der Waals surface area contributed by atoms with Crippen molar-refractivity contribution in [3.8, 4) is 0 Å². The molecule has 2 aromatic carbocycles. The fourth-order valence-corrected chi connectivity index (χ4v) is 3.31. The van der Waals surface area contributed by atoms with Crippen LogP contribution in [0.15, 0.2) is 67.0 Å². The molecule has 1 saturated heterocycles. The number of benzene rings is 2. The minimum absolute atomic E-state index is 0.0710. The van der Waals surface area contributed by atoms with Crippen molar-refractivity contribution in [3.63, 3.8) is 0 Å². The molecule has 1 aliphatic heterocycles. The standard InChI is InChI=1S/C22H22FN5O/c23-19-6-8-20(9-7-19)27-10-12-28(13-11-27)21(29)18-15-25-22(26-16-18)24-14-17-4-2-1-3-5-17/h1-9,15-16H,10-14H2,(H,24,25,26). The molecule has 0 radical (unpaired) electrons. The molecular weight excluding hydrogens is 369 g/mol. The lowest BCUT2D eigenvalue weighted by Crippen LogP contribution is -2.48. The maximum absolute atomic E-state index is 13.1. The van der Waals surface area contributed by atoms with Crippen molar-refractivity contribution in [2.45, 2.75) is 6.54 Å². The Hall–Kier alpha value is -3.48. The van der Waals surface area contributed by atoms with Gasteiger partial charge in [-0.1, -0.05) is 30.3 Å². The van der Waals surface area contributed by atoms with E-state index in [0.29, 0.717) is 44.2 Å². The van der Waals surface area contributed by atoms with Crippen LogP contribution in [-0.2, 0) is 6.54 Å². The van der Waals surface area contributed by atoms with Crippen molar-refractivity contribution in [1.29, 1.82) is 0 Å². The highest BCUT2D eigenvalue weighted by atomic mass is 19.1. The molecule has 1 fully saturated rings. The van der Waals surface area contributed by atoms with Gasteiger partial charge in [-0.15, -0.1) is 0 Å². The molecule has 148 valence electrons. The van der Waals surface area contributed by atoms with Gasteiger partial charge in [0.15, 0.2) is 0 Å². The first kappa shape index (κ1) is 18.9. The van der Waals surface area contributed by atoms with Crippen molar-refractivity contribution < 1.29 is 9.18 Å². The van der Waals surface area contributed by atoms with Crippen LogP contribution < -0.4 is 10.2 Å². The Morgan fingerprint density at radius 1 is 0.931 bits per heavy atom. The molecule has 0 atom stereocenters. The summed E-state index contributed by atoms with van der Waals surface area (Å²) in [7, 11) is 0. The number of carbonyl (C=O) groups is 1. The van der Waals surface area contributed by atoms with Crippen molar-refractivity contribution >= 4 is 17.5 Å². The first-order chi connectivity index (χ1) is 14.2. The van der Waals surface area contributed by atoms with Gasteiger partial charge in [0, 0.05) is 50.8 Å². The highest BCUT2D eigenvalue weighted by Gasteiger charge is 2.22. The van der Waals surface area contributed by atoms with Crippen molar-refractivity contribution in [2.24, 2.45) is 0 Å². The van der Waals surface area contributed by atoms with Gasteiger partial charge in [0.05, 0.1) is 5.56 Å². The third-order valence-corrected chi connectivity index (χ3v) is 4.95. The van der Waals surface area contributed by atoms with Gasteiger partial charge >= 0.3 is 0 Å². The number of rotatable bonds is 5. The summed E-state index contributed by atoms with van der Waals surface area (Å²) in [6, 6.07) is 16.4. The van der Waals surface area contributed by atoms with E-state index in [0.717, 1.165) is 11.3 Å². The van der Waals surface area contributed by atoms with Crippen LogP contribution in [-0.4, -0.2) is 47.0 Å². The number of aromatic nitrogens is 2. The van der Waals surface area contributed by atoms with Crippen LogP contribution in [0.1, 0.15) is 15.9 Å². The third-order valence-electron chi connectivity index (χ3n) is 4.95. The summed E-state index contributed by atoms with van der Waals surface area (Å²) >= 11 is 0. The van der Waals surface area contributed by atoms with Gasteiger partial charge in [0.25, 0.3) is 5.91 Å². The highest BCUT2D eigenvalue weighted by Crippen LogP contribution is 2.18. The van der Waals surface area contributed by atoms with E-state index in [1.165, 1.54) is 12.1 Å². The quantitative estimate of drug-likeness (QED) is 0.724. The summed E-state index contributed by atoms with van der Waals surface area (Å²) in [6.45, 7) is 3.23. The maximum atomic E-state index is 13.1. The van der Waals surface area contributed by atoms with Crippen LogP contribution in [0.4, 0.5) is 16.0 Å². The highest BCUT2D eigenvalue weighted by molar-refractivity contribution is 5.93. The van der Waals surface area contributed by atoms with Gasteiger partial charge in [-0.05, 0) is 29.8 Å². The summed E-state index contributed by atoms with van der Waals surface area (Å²) in [5.74, 6) is 0.175. The second kappa shape index (κ2) is 8.68. The number of halogens is 1. The van der Waals surface area contributed by atoms with Crippen LogP contribution in [0, 0.1) is 5.82 Å². The average molecular weight is 391 g/mol. The molecule has 1 N–H and O–H groups in total. The van der Waals surface area contributed by atoms with E-state index in [1.54, 1.807) is 29.4 Å². The Bertz CT molecular complexity index is 939. The number of carbonyl (C=O) groups excluding carboxylic acids is 1. The number of amides is 1. The van der Waals surface area contributed by atoms with Gasteiger partial charge in [-0.3, -0.25) is 4.79 Å². The Labute approximate surface area is 169 Å². The molecule has 1 amide bonds. The second-order valence-electron chi connectivity index (χ2n) is 6.89. The summed E-state index contributed by atoms with van der Waals surface area (Å²) in [5, 5.41) is 3.15. The molecule has 7 heteroatoms. The van der Waals surface area contributed by atoms with Crippen molar-refractivity contribution in [2.75, 3.05) is 36.4 Å². The molecule has 0 saturated carbocycles. The molecule has 0 spiro atoms. The minimum atomic E-state index is -0.246. The fourth-order valence-electron chi connectivity index (χ4n) is 3.31. The van der Waals surface area contributed by atoms with Crippen LogP contribution in [0.3, 0.4) is 0 Å². The monoisotopic (exact) mass is 391 g/mol. The van der Waals surface area contributed by atoms with Crippen molar-refractivity contribution in [1.82, 2.24) is 14.9 Å². The zero-order chi connectivity index (χ0) is 20.1. The Kier molecular flexibility index (Phi) is 5.65. The Morgan fingerprint density at radius 2 is 1.59 bits per heavy atom. The zero-order valence-corrected chi connectivity index (χ0v) is 16.0. The van der Waals surface area contributed by atoms with Gasteiger partial charge in [0.2, 0.25) is 5.95 Å². The first-order valence-electron chi connectivity index (χ1n) is 9.59. The molecule has 1 aliphatic rings. The normalized spacial score (nSPS) is 14.0. The smallest absolute Gasteiger partial charge is 0.257 e. The van der Waals surface area contributed by atoms with E-state index >= 15 is 0 Å². The average Bonchev–Trinajstić information content (AvgIpc) is 2.79. The summed E-state index contributed by atoms with van der Waals surface area (Å²) in [4.78, 5) is 25.2. The number of nitrogens with one attached hydrogen (secondary N) is 1. The topological polar surface area (TPSA) is 61.4 Å². The van der Waals surface area contributed by atoms with Crippen LogP contribution in [0.2, 0.25) is 0 Å². The van der Waals surface area contributed by atoms with Crippen LogP contribution in [0.5, 0.6) is 0 Å². The second-order valence-corrected chi connectivity index (χ2v) is 6.89. The lowest BCUT2D eigenvalue weighted by atomic mass is 10.2. The van der Waals surface area contributed by atoms with Gasteiger partial charge in [-0.25, -0.2) is 14.4 Å². The molecular formula is C22H22FN5O. The van der Waals surface area contributed by atoms with E-state index in [1.807, 2.05) is 30.3 Å². The van der Waals surface area contributed by atoms with Crippen LogP contribution >= 0.6 is 0 Å². The number of piperazine rings is 1. The Morgan fingerprint density at radius 3 is 2.24 bits per heavy atom. The lowest BCUT2D eigenvalue weighted by molar-refractivity contribution is 0.0746. The Balaban J connectivity index is 1.31. The largest absolute Gasteiger partial charge is 0.368 e.